The van der Waals surface area contributed by atoms with E-state index in [9.17, 15) is 9.59 Å². The molecule has 1 aromatic carbocycles. The molecule has 0 N–H and O–H groups in total. The molecule has 2 aromatic rings. The molecule has 1 aromatic heterocycles. The first-order chi connectivity index (χ1) is 17.0. The Hall–Kier alpha value is -3.04. The summed E-state index contributed by atoms with van der Waals surface area (Å²) in [4.78, 5) is 43.0. The number of aryl methyl sites for hydroxylation is 2. The number of hydrogen-bond acceptors (Lipinski definition) is 7. The van der Waals surface area contributed by atoms with Crippen molar-refractivity contribution < 1.29 is 14.3 Å². The number of carbonyl (C=O) groups excluding carboxylic acids is 2. The molecule has 0 spiro atoms. The maximum Gasteiger partial charge on any atom is 0.274 e. The SMILES string of the molecule is Cc1cnc(C(=O)N(CCC(=O)N2CCN(c3ccccc3C)CC2)CCN2CCOCC2)cn1. The largest absolute Gasteiger partial charge is 0.379 e. The molecule has 0 unspecified atom stereocenters. The van der Waals surface area contributed by atoms with Gasteiger partial charge in [-0.05, 0) is 25.5 Å². The summed E-state index contributed by atoms with van der Waals surface area (Å²) in [5.41, 5.74) is 3.57. The van der Waals surface area contributed by atoms with Crippen molar-refractivity contribution in [3.8, 4) is 0 Å². The fourth-order valence-electron chi connectivity index (χ4n) is 4.57. The number of amides is 2. The molecule has 2 amide bonds. The topological polar surface area (TPSA) is 82.1 Å². The smallest absolute Gasteiger partial charge is 0.274 e. The van der Waals surface area contributed by atoms with Crippen LogP contribution in [0.15, 0.2) is 36.7 Å². The fraction of sp³-hybridized carbons (Fsp3) is 0.538. The van der Waals surface area contributed by atoms with Crippen LogP contribution >= 0.6 is 0 Å². The van der Waals surface area contributed by atoms with Gasteiger partial charge in [0.15, 0.2) is 0 Å². The molecule has 0 saturated carbocycles. The van der Waals surface area contributed by atoms with Crippen molar-refractivity contribution in [3.63, 3.8) is 0 Å². The van der Waals surface area contributed by atoms with Gasteiger partial charge in [-0.3, -0.25) is 19.5 Å². The van der Waals surface area contributed by atoms with E-state index < -0.39 is 0 Å². The zero-order valence-corrected chi connectivity index (χ0v) is 20.9. The number of piperazine rings is 1. The molecule has 3 heterocycles. The van der Waals surface area contributed by atoms with Crippen LogP contribution in [-0.4, -0.2) is 109 Å². The molecule has 0 radical (unpaired) electrons. The number of para-hydroxylation sites is 1. The summed E-state index contributed by atoms with van der Waals surface area (Å²) >= 11 is 0. The molecule has 2 aliphatic heterocycles. The highest BCUT2D eigenvalue weighted by Gasteiger charge is 2.24. The maximum atomic E-state index is 13.2. The van der Waals surface area contributed by atoms with Crippen LogP contribution < -0.4 is 4.90 Å². The highest BCUT2D eigenvalue weighted by molar-refractivity contribution is 5.92. The standard InChI is InChI=1S/C26H36N6O3/c1-21-5-3-4-6-24(21)30-11-13-31(14-12-30)25(33)7-8-32(10-9-29-15-17-35-18-16-29)26(34)23-20-27-22(2)19-28-23/h3-6,19-20H,7-18H2,1-2H3. The fourth-order valence-corrected chi connectivity index (χ4v) is 4.57. The number of rotatable bonds is 8. The van der Waals surface area contributed by atoms with Crippen LogP contribution in [0, 0.1) is 13.8 Å². The highest BCUT2D eigenvalue weighted by atomic mass is 16.5. The molecule has 2 aliphatic rings. The van der Waals surface area contributed by atoms with Crippen molar-refractivity contribution in [1.29, 1.82) is 0 Å². The summed E-state index contributed by atoms with van der Waals surface area (Å²) in [6, 6.07) is 8.36. The predicted molar refractivity (Wildman–Crippen MR) is 135 cm³/mol. The minimum absolute atomic E-state index is 0.0913. The van der Waals surface area contributed by atoms with E-state index in [4.69, 9.17) is 4.74 Å². The molecule has 35 heavy (non-hydrogen) atoms. The number of aromatic nitrogens is 2. The number of nitrogens with zero attached hydrogens (tertiary/aromatic N) is 6. The Morgan fingerprint density at radius 2 is 1.69 bits per heavy atom. The molecular formula is C26H36N6O3. The van der Waals surface area contributed by atoms with Gasteiger partial charge in [0, 0.05) is 77.2 Å². The number of anilines is 1. The number of morpholine rings is 1. The van der Waals surface area contributed by atoms with Crippen molar-refractivity contribution in [2.75, 3.05) is 77.0 Å². The Kier molecular flexibility index (Phi) is 8.65. The average Bonchev–Trinajstić information content (AvgIpc) is 2.89. The van der Waals surface area contributed by atoms with E-state index in [-0.39, 0.29) is 11.8 Å². The van der Waals surface area contributed by atoms with E-state index in [1.165, 1.54) is 17.4 Å². The lowest BCUT2D eigenvalue weighted by atomic mass is 10.1. The van der Waals surface area contributed by atoms with Crippen LogP contribution in [0.3, 0.4) is 0 Å². The molecule has 4 rings (SSSR count). The van der Waals surface area contributed by atoms with Crippen LogP contribution in [0.1, 0.15) is 28.2 Å². The maximum absolute atomic E-state index is 13.2. The summed E-state index contributed by atoms with van der Waals surface area (Å²) in [5, 5.41) is 0. The van der Waals surface area contributed by atoms with Gasteiger partial charge in [-0.15, -0.1) is 0 Å². The van der Waals surface area contributed by atoms with Crippen molar-refractivity contribution in [1.82, 2.24) is 24.7 Å². The van der Waals surface area contributed by atoms with Gasteiger partial charge in [0.1, 0.15) is 5.69 Å². The minimum atomic E-state index is -0.178. The van der Waals surface area contributed by atoms with Gasteiger partial charge in [0.2, 0.25) is 5.91 Å². The lowest BCUT2D eigenvalue weighted by molar-refractivity contribution is -0.131. The minimum Gasteiger partial charge on any atom is -0.379 e. The summed E-state index contributed by atoms with van der Waals surface area (Å²) in [6.07, 6.45) is 3.43. The number of carbonyl (C=O) groups is 2. The number of benzene rings is 1. The quantitative estimate of drug-likeness (QED) is 0.568. The Labute approximate surface area is 207 Å². The van der Waals surface area contributed by atoms with E-state index in [0.29, 0.717) is 51.5 Å². The lowest BCUT2D eigenvalue weighted by Crippen LogP contribution is -2.50. The molecule has 2 fully saturated rings. The molecule has 0 aliphatic carbocycles. The van der Waals surface area contributed by atoms with Gasteiger partial charge >= 0.3 is 0 Å². The lowest BCUT2D eigenvalue weighted by Gasteiger charge is -2.37. The molecular weight excluding hydrogens is 444 g/mol. The molecule has 0 atom stereocenters. The molecule has 9 heteroatoms. The van der Waals surface area contributed by atoms with Gasteiger partial charge in [0.25, 0.3) is 5.91 Å². The first-order valence-corrected chi connectivity index (χ1v) is 12.5. The second-order valence-electron chi connectivity index (χ2n) is 9.19. The third-order valence-electron chi connectivity index (χ3n) is 6.76. The summed E-state index contributed by atoms with van der Waals surface area (Å²) in [5.74, 6) is -0.0865. The van der Waals surface area contributed by atoms with Gasteiger partial charge < -0.3 is 19.4 Å². The van der Waals surface area contributed by atoms with Crippen LogP contribution in [0.4, 0.5) is 5.69 Å². The Bertz CT molecular complexity index is 985. The van der Waals surface area contributed by atoms with E-state index in [1.807, 2.05) is 17.9 Å². The van der Waals surface area contributed by atoms with Crippen molar-refractivity contribution in [3.05, 3.63) is 53.6 Å². The zero-order chi connectivity index (χ0) is 24.6. The third-order valence-corrected chi connectivity index (χ3v) is 6.76. The van der Waals surface area contributed by atoms with Gasteiger partial charge in [-0.25, -0.2) is 4.98 Å². The van der Waals surface area contributed by atoms with E-state index >= 15 is 0 Å². The Morgan fingerprint density at radius 1 is 0.943 bits per heavy atom. The number of ether oxygens (including phenoxy) is 1. The molecule has 2 saturated heterocycles. The van der Waals surface area contributed by atoms with Crippen LogP contribution in [0.2, 0.25) is 0 Å². The normalized spacial score (nSPS) is 16.9. The van der Waals surface area contributed by atoms with Gasteiger partial charge in [0.05, 0.1) is 25.1 Å². The van der Waals surface area contributed by atoms with Crippen LogP contribution in [-0.2, 0) is 9.53 Å². The Balaban J connectivity index is 1.33. The van der Waals surface area contributed by atoms with Crippen molar-refractivity contribution >= 4 is 17.5 Å². The first-order valence-electron chi connectivity index (χ1n) is 12.5. The van der Waals surface area contributed by atoms with Crippen LogP contribution in [0.25, 0.3) is 0 Å². The average molecular weight is 481 g/mol. The summed E-state index contributed by atoms with van der Waals surface area (Å²) in [7, 11) is 0. The monoisotopic (exact) mass is 480 g/mol. The van der Waals surface area contributed by atoms with E-state index in [0.717, 1.165) is 38.4 Å². The second-order valence-corrected chi connectivity index (χ2v) is 9.19. The van der Waals surface area contributed by atoms with Gasteiger partial charge in [-0.2, -0.15) is 0 Å². The Morgan fingerprint density at radius 3 is 2.37 bits per heavy atom. The van der Waals surface area contributed by atoms with E-state index in [2.05, 4.69) is 44.9 Å². The summed E-state index contributed by atoms with van der Waals surface area (Å²) < 4.78 is 5.43. The van der Waals surface area contributed by atoms with Crippen molar-refractivity contribution in [2.45, 2.75) is 20.3 Å². The third kappa shape index (κ3) is 6.76. The zero-order valence-electron chi connectivity index (χ0n) is 20.9. The second kappa shape index (κ2) is 12.1. The predicted octanol–water partition coefficient (Wildman–Crippen LogP) is 1.61. The molecule has 188 valence electrons. The number of hydrogen-bond donors (Lipinski definition) is 0. The van der Waals surface area contributed by atoms with Crippen molar-refractivity contribution in [2.24, 2.45) is 0 Å². The highest BCUT2D eigenvalue weighted by Crippen LogP contribution is 2.21. The van der Waals surface area contributed by atoms with Crippen LogP contribution in [0.5, 0.6) is 0 Å². The van der Waals surface area contributed by atoms with E-state index in [1.54, 1.807) is 11.1 Å². The first kappa shape index (κ1) is 25.1. The molecule has 9 nitrogen and oxygen atoms in total. The van der Waals surface area contributed by atoms with Gasteiger partial charge in [-0.1, -0.05) is 18.2 Å². The molecule has 0 bridgehead atoms. The summed E-state index contributed by atoms with van der Waals surface area (Å²) in [6.45, 7) is 11.8.